The van der Waals surface area contributed by atoms with Crippen molar-refractivity contribution in [3.63, 3.8) is 0 Å². The van der Waals surface area contributed by atoms with E-state index in [0.29, 0.717) is 105 Å². The van der Waals surface area contributed by atoms with Gasteiger partial charge in [-0.05, 0) is 181 Å². The Bertz CT molecular complexity index is 4810. The minimum absolute atomic E-state index is 0.0275. The van der Waals surface area contributed by atoms with Gasteiger partial charge in [-0.15, -0.1) is 0 Å². The van der Waals surface area contributed by atoms with E-state index in [9.17, 15) is 57.0 Å². The van der Waals surface area contributed by atoms with Crippen molar-refractivity contribution in [3.8, 4) is 67.5 Å². The van der Waals surface area contributed by atoms with E-state index in [1.165, 1.54) is 36.4 Å². The summed E-state index contributed by atoms with van der Waals surface area (Å²) >= 11 is 0. The SMILES string of the molecule is O[C@@H]1CCOCC1[C@H]1c2cc(F)ccc2-c2cncn21.O[C@@H]1CCOC[C@H]1[C@@H]1c2cc(F)ccc2-c2cncn21.O[C@@H]1COCC[C@H]1[C@@H]1c2cc(F)ccc2-c2cncn21.O[C@H]1CCOCC1[C@@H]1c2cc(F)ccc2-c2cncn21.O[C@H]1CCOC[C@@H]1[C@H]1c2cc(F)ccc2-c2cncn21.O[C@H]1COCC[C@@H]1[C@H]1c2cc(F)ccc2-c2cncn21. The minimum Gasteiger partial charge on any atom is -0.393 e. The molecule has 12 aliphatic rings. The largest absolute Gasteiger partial charge is 0.393 e. The number of ether oxygens (including phenoxy) is 6. The molecule has 12 aromatic rings. The minimum atomic E-state index is -0.529. The fourth-order valence-corrected chi connectivity index (χ4v) is 20.4. The molecule has 0 bridgehead atoms. The Kier molecular flexibility index (Phi) is 22.2. The van der Waals surface area contributed by atoms with E-state index in [1.54, 1.807) is 148 Å². The summed E-state index contributed by atoms with van der Waals surface area (Å²) in [4.78, 5) is 25.1. The fourth-order valence-electron chi connectivity index (χ4n) is 20.4. The highest BCUT2D eigenvalue weighted by Crippen LogP contribution is 2.52. The lowest BCUT2D eigenvalue weighted by atomic mass is 9.85. The van der Waals surface area contributed by atoms with Crippen molar-refractivity contribution in [2.45, 2.75) is 111 Å². The Morgan fingerprint density at radius 2 is 0.417 bits per heavy atom. The summed E-state index contributed by atoms with van der Waals surface area (Å²) < 4.78 is 127. The highest BCUT2D eigenvalue weighted by Gasteiger charge is 2.47. The van der Waals surface area contributed by atoms with Crippen LogP contribution in [0.4, 0.5) is 26.3 Å². The molecule has 0 spiro atoms. The lowest BCUT2D eigenvalue weighted by molar-refractivity contribution is -0.0540. The van der Waals surface area contributed by atoms with Gasteiger partial charge in [0.25, 0.3) is 0 Å². The van der Waals surface area contributed by atoms with Crippen LogP contribution in [0, 0.1) is 70.4 Å². The number of benzene rings is 6. The van der Waals surface area contributed by atoms with Crippen LogP contribution < -0.4 is 0 Å². The molecule has 6 saturated heterocycles. The predicted octanol–water partition coefficient (Wildman–Crippen LogP) is 11.9. The maximum atomic E-state index is 13.6. The zero-order valence-corrected chi connectivity index (χ0v) is 65.2. The lowest BCUT2D eigenvalue weighted by Gasteiger charge is -2.33. The van der Waals surface area contributed by atoms with Gasteiger partial charge in [0.05, 0.1) is 222 Å². The number of nitrogens with zero attached hydrogens (tertiary/aromatic N) is 12. The summed E-state index contributed by atoms with van der Waals surface area (Å²) in [7, 11) is 0. The molecule has 6 aromatic carbocycles. The first-order valence-electron chi connectivity index (χ1n) is 41.0. The number of aromatic nitrogens is 12. The molecule has 24 rings (SSSR count). The average Bonchev–Trinajstić information content (AvgIpc) is 1.63. The summed E-state index contributed by atoms with van der Waals surface area (Å²) in [5.41, 5.74) is 17.4. The zero-order chi connectivity index (χ0) is 82.1. The topological polar surface area (TPSA) is 284 Å². The van der Waals surface area contributed by atoms with Crippen molar-refractivity contribution < 1.29 is 85.4 Å². The van der Waals surface area contributed by atoms with Crippen LogP contribution in [-0.4, -0.2) is 204 Å². The monoisotopic (exact) mass is 1640 g/mol. The van der Waals surface area contributed by atoms with Crippen LogP contribution in [0.1, 0.15) is 108 Å². The van der Waals surface area contributed by atoms with Gasteiger partial charge >= 0.3 is 0 Å². The number of rotatable bonds is 6. The number of imidazole rings is 6. The molecule has 0 radical (unpaired) electrons. The molecule has 12 aliphatic heterocycles. The van der Waals surface area contributed by atoms with Crippen LogP contribution in [-0.2, 0) is 28.4 Å². The average molecular weight is 1650 g/mol. The second-order valence-electron chi connectivity index (χ2n) is 32.7. The van der Waals surface area contributed by atoms with E-state index in [0.717, 1.165) is 114 Å². The summed E-state index contributed by atoms with van der Waals surface area (Å²) in [6.45, 7) is 6.21. The molecule has 0 amide bonds. The van der Waals surface area contributed by atoms with Crippen molar-refractivity contribution in [1.29, 1.82) is 0 Å². The molecule has 6 fully saturated rings. The Morgan fingerprint density at radius 3 is 0.608 bits per heavy atom. The maximum absolute atomic E-state index is 13.6. The highest BCUT2D eigenvalue weighted by molar-refractivity contribution is 5.74. The first-order valence-corrected chi connectivity index (χ1v) is 41.0. The molecular formula is C90H90F6N12O12. The third-order valence-corrected chi connectivity index (χ3v) is 26.1. The number of aliphatic hydroxyl groups is 6. The highest BCUT2D eigenvalue weighted by atomic mass is 19.1. The summed E-state index contributed by atoms with van der Waals surface area (Å²) in [6, 6.07) is 28.4. The van der Waals surface area contributed by atoms with Crippen LogP contribution in [0.3, 0.4) is 0 Å². The van der Waals surface area contributed by atoms with Crippen molar-refractivity contribution >= 4 is 0 Å². The van der Waals surface area contributed by atoms with Crippen molar-refractivity contribution in [2.24, 2.45) is 35.5 Å². The quantitative estimate of drug-likeness (QED) is 0.0844. The van der Waals surface area contributed by atoms with Crippen molar-refractivity contribution in [2.75, 3.05) is 79.3 Å². The second-order valence-corrected chi connectivity index (χ2v) is 32.7. The molecule has 120 heavy (non-hydrogen) atoms. The van der Waals surface area contributed by atoms with Crippen LogP contribution in [0.2, 0.25) is 0 Å². The standard InChI is InChI=1S/6C15H15FN2O2/c4*16-9-1-2-10-11(5-9)15(18-8-17-6-13(10)18)12-7-20-4-3-14(12)19;2*16-9-1-2-10-12(5-9)15(18-8-17-6-13(10)18)11-3-4-20-7-14(11)19/h4*1-2,5-6,8,12,14-15,19H,3-4,7H2;2*1-2,5-6,8,11,14-15,19H,3-4,7H2/t2*12?,14-,15-;2*12-,14-,15+;2*11-,14-,15-/m101010/s1. The van der Waals surface area contributed by atoms with Crippen LogP contribution in [0.5, 0.6) is 0 Å². The number of aliphatic hydroxyl groups excluding tert-OH is 6. The molecule has 2 unspecified atom stereocenters. The number of hydrogen-bond donors (Lipinski definition) is 6. The van der Waals surface area contributed by atoms with Crippen LogP contribution >= 0.6 is 0 Å². The number of halogens is 6. The van der Waals surface area contributed by atoms with Gasteiger partial charge in [-0.25, -0.2) is 56.2 Å². The van der Waals surface area contributed by atoms with Gasteiger partial charge < -0.3 is 86.5 Å². The molecule has 24 nitrogen and oxygen atoms in total. The smallest absolute Gasteiger partial charge is 0.123 e. The summed E-state index contributed by atoms with van der Waals surface area (Å²) in [5.74, 6) is -1.71. The Morgan fingerprint density at radius 1 is 0.233 bits per heavy atom. The normalized spacial score (nSPS) is 28.2. The first kappa shape index (κ1) is 79.5. The Labute approximate surface area is 685 Å². The van der Waals surface area contributed by atoms with E-state index in [4.69, 9.17) is 28.4 Å². The van der Waals surface area contributed by atoms with E-state index < -0.39 is 36.6 Å². The van der Waals surface area contributed by atoms with Gasteiger partial charge in [-0.3, -0.25) is 0 Å². The van der Waals surface area contributed by atoms with Crippen molar-refractivity contribution in [1.82, 2.24) is 57.3 Å². The van der Waals surface area contributed by atoms with Crippen LogP contribution in [0.25, 0.3) is 67.5 Å². The molecule has 0 aliphatic carbocycles. The first-order chi connectivity index (χ1) is 58.5. The van der Waals surface area contributed by atoms with Gasteiger partial charge in [0.2, 0.25) is 0 Å². The van der Waals surface area contributed by atoms with Crippen molar-refractivity contribution in [3.05, 3.63) is 253 Å². The van der Waals surface area contributed by atoms with E-state index in [1.807, 2.05) is 27.4 Å². The molecule has 18 heterocycles. The predicted molar refractivity (Wildman–Crippen MR) is 424 cm³/mol. The molecular weight excluding hydrogens is 1560 g/mol. The van der Waals surface area contributed by atoms with Crippen LogP contribution in [0.15, 0.2) is 184 Å². The molecule has 6 N–H and O–H groups in total. The van der Waals surface area contributed by atoms with E-state index in [-0.39, 0.29) is 107 Å². The van der Waals surface area contributed by atoms with Gasteiger partial charge in [0.15, 0.2) is 0 Å². The van der Waals surface area contributed by atoms with Gasteiger partial charge in [-0.2, -0.15) is 0 Å². The zero-order valence-electron chi connectivity index (χ0n) is 65.2. The van der Waals surface area contributed by atoms with Gasteiger partial charge in [0.1, 0.15) is 34.9 Å². The van der Waals surface area contributed by atoms with E-state index in [2.05, 4.69) is 29.9 Å². The molecule has 18 atom stereocenters. The number of hydrogen-bond acceptors (Lipinski definition) is 18. The Balaban J connectivity index is 0.0000000952. The second kappa shape index (κ2) is 33.6. The third kappa shape index (κ3) is 14.6. The number of fused-ring (bicyclic) bond motifs is 18. The third-order valence-electron chi connectivity index (χ3n) is 26.1. The molecule has 6 aromatic heterocycles. The van der Waals surface area contributed by atoms with Gasteiger partial charge in [-0.1, -0.05) is 0 Å². The molecule has 0 saturated carbocycles. The lowest BCUT2D eigenvalue weighted by Crippen LogP contribution is -2.37. The maximum Gasteiger partial charge on any atom is 0.123 e. The molecule has 30 heteroatoms. The molecule has 624 valence electrons. The summed E-state index contributed by atoms with van der Waals surface area (Å²) in [6.07, 6.45) is 22.5. The van der Waals surface area contributed by atoms with E-state index >= 15 is 0 Å². The fraction of sp³-hybridized carbons (Fsp3) is 0.400. The Hall–Kier alpha value is -10.3. The van der Waals surface area contributed by atoms with Gasteiger partial charge in [0, 0.05) is 109 Å². The summed E-state index contributed by atoms with van der Waals surface area (Å²) in [5, 5.41) is 61.6.